The fourth-order valence-electron chi connectivity index (χ4n) is 1.57. The zero-order valence-electron chi connectivity index (χ0n) is 10.4. The van der Waals surface area contributed by atoms with Crippen LogP contribution < -0.4 is 10.5 Å². The van der Waals surface area contributed by atoms with Crippen LogP contribution in [0.25, 0.3) is 0 Å². The second-order valence-electron chi connectivity index (χ2n) is 4.14. The van der Waals surface area contributed by atoms with Gasteiger partial charge in [0.2, 0.25) is 10.0 Å². The molecule has 0 atom stereocenters. The van der Waals surface area contributed by atoms with Crippen LogP contribution in [0.3, 0.4) is 0 Å². The molecular formula is C13H18N2O2S. The van der Waals surface area contributed by atoms with Crippen molar-refractivity contribution in [3.05, 3.63) is 23.8 Å². The highest BCUT2D eigenvalue weighted by Gasteiger charge is 2.13. The van der Waals surface area contributed by atoms with Crippen LogP contribution in [0.15, 0.2) is 23.1 Å². The van der Waals surface area contributed by atoms with E-state index in [9.17, 15) is 8.42 Å². The van der Waals surface area contributed by atoms with E-state index >= 15 is 0 Å². The van der Waals surface area contributed by atoms with E-state index in [1.54, 1.807) is 12.1 Å². The Labute approximate surface area is 109 Å². The fraction of sp³-hybridized carbons (Fsp3) is 0.385. The lowest BCUT2D eigenvalue weighted by Crippen LogP contribution is -2.25. The fourth-order valence-corrected chi connectivity index (χ4v) is 2.79. The van der Waals surface area contributed by atoms with Crippen molar-refractivity contribution in [2.75, 3.05) is 12.3 Å². The highest BCUT2D eigenvalue weighted by atomic mass is 32.2. The minimum Gasteiger partial charge on any atom is -0.399 e. The molecule has 4 nitrogen and oxygen atoms in total. The highest BCUT2D eigenvalue weighted by Crippen LogP contribution is 2.16. The van der Waals surface area contributed by atoms with Crippen molar-refractivity contribution in [1.29, 1.82) is 0 Å². The molecule has 5 heteroatoms. The molecule has 18 heavy (non-hydrogen) atoms. The Kier molecular flexibility index (Phi) is 5.20. The Bertz CT molecular complexity index is 524. The molecule has 0 saturated carbocycles. The van der Waals surface area contributed by atoms with Gasteiger partial charge >= 0.3 is 0 Å². The van der Waals surface area contributed by atoms with Crippen LogP contribution in [0.4, 0.5) is 5.69 Å². The van der Waals surface area contributed by atoms with Crippen molar-refractivity contribution in [2.45, 2.75) is 31.1 Å². The van der Waals surface area contributed by atoms with Crippen LogP contribution in [0.1, 0.15) is 24.8 Å². The number of sulfonamides is 1. The molecule has 1 rings (SSSR count). The molecule has 0 aliphatic rings. The first kappa shape index (κ1) is 14.6. The van der Waals surface area contributed by atoms with E-state index in [1.807, 2.05) is 6.92 Å². The van der Waals surface area contributed by atoms with E-state index in [0.29, 0.717) is 18.7 Å². The number of unbranched alkanes of at least 4 members (excludes halogenated alkanes) is 2. The molecule has 0 fully saturated rings. The lowest BCUT2D eigenvalue weighted by molar-refractivity contribution is 0.577. The smallest absolute Gasteiger partial charge is 0.240 e. The molecule has 0 aliphatic heterocycles. The number of nitrogens with one attached hydrogen (secondary N) is 1. The van der Waals surface area contributed by atoms with Crippen molar-refractivity contribution in [3.63, 3.8) is 0 Å². The predicted molar refractivity (Wildman–Crippen MR) is 73.5 cm³/mol. The van der Waals surface area contributed by atoms with Crippen LogP contribution in [-0.2, 0) is 10.0 Å². The molecule has 0 aromatic heterocycles. The van der Waals surface area contributed by atoms with Gasteiger partial charge in [-0.2, -0.15) is 0 Å². The first-order valence-corrected chi connectivity index (χ1v) is 7.24. The van der Waals surface area contributed by atoms with Crippen LogP contribution in [0.5, 0.6) is 0 Å². The van der Waals surface area contributed by atoms with Gasteiger partial charge in [-0.25, -0.2) is 13.1 Å². The minimum absolute atomic E-state index is 0.206. The molecule has 1 aromatic carbocycles. The lowest BCUT2D eigenvalue weighted by atomic mass is 10.2. The van der Waals surface area contributed by atoms with Gasteiger partial charge in [0.15, 0.2) is 0 Å². The summed E-state index contributed by atoms with van der Waals surface area (Å²) in [6, 6.07) is 4.78. The normalized spacial score (nSPS) is 11.1. The molecule has 0 bridgehead atoms. The minimum atomic E-state index is -3.47. The average molecular weight is 266 g/mol. The van der Waals surface area contributed by atoms with Gasteiger partial charge in [0.25, 0.3) is 0 Å². The highest BCUT2D eigenvalue weighted by molar-refractivity contribution is 7.89. The SMILES string of the molecule is C#CCCCCNS(=O)(=O)c1cc(C)cc(N)c1. The zero-order valence-corrected chi connectivity index (χ0v) is 11.3. The number of aryl methyl sites for hydroxylation is 1. The summed E-state index contributed by atoms with van der Waals surface area (Å²) < 4.78 is 26.5. The Morgan fingerprint density at radius 3 is 2.67 bits per heavy atom. The van der Waals surface area contributed by atoms with Gasteiger partial charge in [-0.15, -0.1) is 12.3 Å². The largest absolute Gasteiger partial charge is 0.399 e. The van der Waals surface area contributed by atoms with E-state index in [4.69, 9.17) is 12.2 Å². The Balaban J connectivity index is 2.66. The Morgan fingerprint density at radius 2 is 2.06 bits per heavy atom. The van der Waals surface area contributed by atoms with Gasteiger partial charge in [0.1, 0.15) is 0 Å². The van der Waals surface area contributed by atoms with Crippen LogP contribution in [0, 0.1) is 19.3 Å². The zero-order chi connectivity index (χ0) is 13.6. The van der Waals surface area contributed by atoms with Crippen molar-refractivity contribution in [1.82, 2.24) is 4.72 Å². The lowest BCUT2D eigenvalue weighted by Gasteiger charge is -2.08. The molecule has 0 radical (unpaired) electrons. The molecule has 0 aliphatic carbocycles. The van der Waals surface area contributed by atoms with E-state index in [0.717, 1.165) is 18.4 Å². The second kappa shape index (κ2) is 6.43. The average Bonchev–Trinajstić information content (AvgIpc) is 2.27. The van der Waals surface area contributed by atoms with Gasteiger partial charge in [0.05, 0.1) is 4.90 Å². The van der Waals surface area contributed by atoms with Crippen LogP contribution in [0.2, 0.25) is 0 Å². The third kappa shape index (κ3) is 4.40. The standard InChI is InChI=1S/C13H18N2O2S/c1-3-4-5-6-7-15-18(16,17)13-9-11(2)8-12(14)10-13/h1,8-10,15H,4-7,14H2,2H3. The summed E-state index contributed by atoms with van der Waals surface area (Å²) in [5.41, 5.74) is 6.91. The molecule has 98 valence electrons. The van der Waals surface area contributed by atoms with Crippen molar-refractivity contribution in [2.24, 2.45) is 0 Å². The third-order valence-electron chi connectivity index (χ3n) is 2.42. The van der Waals surface area contributed by atoms with E-state index in [1.165, 1.54) is 6.07 Å². The van der Waals surface area contributed by atoms with Gasteiger partial charge < -0.3 is 5.73 Å². The van der Waals surface area contributed by atoms with Crippen molar-refractivity contribution in [3.8, 4) is 12.3 Å². The van der Waals surface area contributed by atoms with Gasteiger partial charge in [-0.1, -0.05) is 0 Å². The molecule has 0 unspecified atom stereocenters. The maximum atomic E-state index is 12.0. The maximum absolute atomic E-state index is 12.0. The molecule has 1 aromatic rings. The molecule has 0 heterocycles. The van der Waals surface area contributed by atoms with E-state index < -0.39 is 10.0 Å². The maximum Gasteiger partial charge on any atom is 0.240 e. The molecule has 0 spiro atoms. The van der Waals surface area contributed by atoms with E-state index in [-0.39, 0.29) is 4.90 Å². The molecular weight excluding hydrogens is 248 g/mol. The van der Waals surface area contributed by atoms with Crippen molar-refractivity contribution >= 4 is 15.7 Å². The number of benzene rings is 1. The first-order chi connectivity index (χ1) is 8.45. The Morgan fingerprint density at radius 1 is 1.33 bits per heavy atom. The summed E-state index contributed by atoms with van der Waals surface area (Å²) in [5.74, 6) is 2.52. The number of rotatable bonds is 6. The summed E-state index contributed by atoms with van der Waals surface area (Å²) in [6.45, 7) is 2.19. The second-order valence-corrected chi connectivity index (χ2v) is 5.91. The number of nitrogens with two attached hydrogens (primary N) is 1. The number of nitrogen functional groups attached to an aromatic ring is 1. The van der Waals surface area contributed by atoms with E-state index in [2.05, 4.69) is 10.6 Å². The Hall–Kier alpha value is -1.51. The molecule has 0 amide bonds. The molecule has 3 N–H and O–H groups in total. The summed E-state index contributed by atoms with van der Waals surface area (Å²) in [4.78, 5) is 0.206. The summed E-state index contributed by atoms with van der Waals surface area (Å²) >= 11 is 0. The number of hydrogen-bond donors (Lipinski definition) is 2. The van der Waals surface area contributed by atoms with Crippen molar-refractivity contribution < 1.29 is 8.42 Å². The van der Waals surface area contributed by atoms with Crippen LogP contribution >= 0.6 is 0 Å². The summed E-state index contributed by atoms with van der Waals surface area (Å²) in [6.07, 6.45) is 7.33. The number of terminal acetylenes is 1. The monoisotopic (exact) mass is 266 g/mol. The van der Waals surface area contributed by atoms with Gasteiger partial charge in [0, 0.05) is 18.7 Å². The number of anilines is 1. The first-order valence-electron chi connectivity index (χ1n) is 5.76. The summed E-state index contributed by atoms with van der Waals surface area (Å²) in [5, 5.41) is 0. The predicted octanol–water partition coefficient (Wildman–Crippen LogP) is 1.66. The summed E-state index contributed by atoms with van der Waals surface area (Å²) in [7, 11) is -3.47. The number of hydrogen-bond acceptors (Lipinski definition) is 3. The van der Waals surface area contributed by atoms with Crippen LogP contribution in [-0.4, -0.2) is 15.0 Å². The third-order valence-corrected chi connectivity index (χ3v) is 3.86. The topological polar surface area (TPSA) is 72.2 Å². The van der Waals surface area contributed by atoms with Gasteiger partial charge in [-0.05, 0) is 43.5 Å². The molecule has 0 saturated heterocycles. The van der Waals surface area contributed by atoms with Gasteiger partial charge in [-0.3, -0.25) is 0 Å². The quantitative estimate of drug-likeness (QED) is 0.467.